The first kappa shape index (κ1) is 16.7. The molecule has 1 fully saturated rings. The number of benzene rings is 2. The number of nitrogens with one attached hydrogen (secondary N) is 2. The van der Waals surface area contributed by atoms with Crippen molar-refractivity contribution in [3.8, 4) is 11.1 Å². The summed E-state index contributed by atoms with van der Waals surface area (Å²) in [6, 6.07) is 19.2. The van der Waals surface area contributed by atoms with Crippen molar-refractivity contribution in [2.45, 2.75) is 38.1 Å². The maximum atomic E-state index is 5.30. The summed E-state index contributed by atoms with van der Waals surface area (Å²) in [5, 5.41) is 8.18. The molecule has 3 rings (SSSR count). The van der Waals surface area contributed by atoms with E-state index in [0.717, 1.165) is 5.56 Å². The largest absolute Gasteiger partial charge is 0.359 e. The quantitative estimate of drug-likeness (QED) is 0.490. The molecule has 0 amide bonds. The van der Waals surface area contributed by atoms with Gasteiger partial charge in [0, 0.05) is 6.04 Å². The van der Waals surface area contributed by atoms with Gasteiger partial charge in [0.15, 0.2) is 5.11 Å². The topological polar surface area (TPSA) is 36.4 Å². The van der Waals surface area contributed by atoms with Crippen LogP contribution in [0.25, 0.3) is 11.1 Å². The maximum Gasteiger partial charge on any atom is 0.187 e. The summed E-state index contributed by atoms with van der Waals surface area (Å²) in [5.74, 6) is 0. The zero-order valence-electron chi connectivity index (χ0n) is 13.7. The highest BCUT2D eigenvalue weighted by Crippen LogP contribution is 2.19. The van der Waals surface area contributed by atoms with Crippen LogP contribution >= 0.6 is 12.2 Å². The van der Waals surface area contributed by atoms with Crippen LogP contribution < -0.4 is 10.7 Å². The molecule has 0 unspecified atom stereocenters. The summed E-state index contributed by atoms with van der Waals surface area (Å²) >= 11 is 5.30. The predicted molar refractivity (Wildman–Crippen MR) is 105 cm³/mol. The van der Waals surface area contributed by atoms with E-state index in [1.54, 1.807) is 6.21 Å². The first-order valence-electron chi connectivity index (χ1n) is 8.56. The van der Waals surface area contributed by atoms with Crippen molar-refractivity contribution in [2.75, 3.05) is 0 Å². The van der Waals surface area contributed by atoms with Gasteiger partial charge in [-0.15, -0.1) is 0 Å². The molecular weight excluding hydrogens is 314 g/mol. The van der Waals surface area contributed by atoms with Gasteiger partial charge < -0.3 is 5.32 Å². The van der Waals surface area contributed by atoms with Gasteiger partial charge in [-0.05, 0) is 41.7 Å². The summed E-state index contributed by atoms with van der Waals surface area (Å²) in [5.41, 5.74) is 6.38. The summed E-state index contributed by atoms with van der Waals surface area (Å²) in [6.45, 7) is 0. The van der Waals surface area contributed by atoms with Crippen LogP contribution in [0.3, 0.4) is 0 Å². The van der Waals surface area contributed by atoms with Crippen molar-refractivity contribution in [2.24, 2.45) is 5.10 Å². The zero-order chi connectivity index (χ0) is 16.6. The molecule has 3 nitrogen and oxygen atoms in total. The summed E-state index contributed by atoms with van der Waals surface area (Å²) < 4.78 is 0. The summed E-state index contributed by atoms with van der Waals surface area (Å²) in [6.07, 6.45) is 8.12. The fraction of sp³-hybridized carbons (Fsp3) is 0.300. The number of hydrogen-bond acceptors (Lipinski definition) is 2. The molecule has 124 valence electrons. The van der Waals surface area contributed by atoms with Gasteiger partial charge in [0.2, 0.25) is 0 Å². The van der Waals surface area contributed by atoms with Crippen molar-refractivity contribution in [1.82, 2.24) is 10.7 Å². The van der Waals surface area contributed by atoms with Gasteiger partial charge in [-0.25, -0.2) is 0 Å². The minimum atomic E-state index is 0.499. The van der Waals surface area contributed by atoms with E-state index in [4.69, 9.17) is 12.2 Å². The third kappa shape index (κ3) is 4.90. The van der Waals surface area contributed by atoms with Gasteiger partial charge in [0.05, 0.1) is 6.21 Å². The van der Waals surface area contributed by atoms with Crippen LogP contribution in [-0.4, -0.2) is 17.4 Å². The average Bonchev–Trinajstić information content (AvgIpc) is 2.64. The Balaban J connectivity index is 1.50. The van der Waals surface area contributed by atoms with E-state index in [2.05, 4.69) is 64.4 Å². The van der Waals surface area contributed by atoms with Crippen molar-refractivity contribution in [1.29, 1.82) is 0 Å². The summed E-state index contributed by atoms with van der Waals surface area (Å²) in [4.78, 5) is 0. The highest BCUT2D eigenvalue weighted by molar-refractivity contribution is 7.80. The van der Waals surface area contributed by atoms with Crippen LogP contribution in [0.2, 0.25) is 0 Å². The van der Waals surface area contributed by atoms with Crippen LogP contribution in [0.1, 0.15) is 37.7 Å². The molecule has 0 bridgehead atoms. The van der Waals surface area contributed by atoms with E-state index in [1.807, 2.05) is 6.07 Å². The van der Waals surface area contributed by atoms with Gasteiger partial charge >= 0.3 is 0 Å². The molecular formula is C20H23N3S. The molecule has 2 aromatic rings. The van der Waals surface area contributed by atoms with Crippen LogP contribution in [0.15, 0.2) is 59.7 Å². The van der Waals surface area contributed by atoms with Crippen molar-refractivity contribution in [3.63, 3.8) is 0 Å². The Kier molecular flexibility index (Phi) is 5.96. The van der Waals surface area contributed by atoms with E-state index >= 15 is 0 Å². The first-order valence-corrected chi connectivity index (χ1v) is 8.97. The molecule has 0 saturated heterocycles. The molecule has 0 atom stereocenters. The molecule has 1 aliphatic carbocycles. The Morgan fingerprint density at radius 2 is 1.58 bits per heavy atom. The lowest BCUT2D eigenvalue weighted by molar-refractivity contribution is 0.412. The second kappa shape index (κ2) is 8.60. The van der Waals surface area contributed by atoms with Gasteiger partial charge in [0.1, 0.15) is 0 Å². The average molecular weight is 337 g/mol. The van der Waals surface area contributed by atoms with E-state index in [-0.39, 0.29) is 0 Å². The molecule has 1 saturated carbocycles. The van der Waals surface area contributed by atoms with Crippen LogP contribution in [0.4, 0.5) is 0 Å². The Labute approximate surface area is 149 Å². The Morgan fingerprint density at radius 3 is 2.29 bits per heavy atom. The third-order valence-electron chi connectivity index (χ3n) is 4.34. The van der Waals surface area contributed by atoms with Gasteiger partial charge in [-0.2, -0.15) is 5.10 Å². The van der Waals surface area contributed by atoms with E-state index in [1.165, 1.54) is 43.2 Å². The van der Waals surface area contributed by atoms with E-state index < -0.39 is 0 Å². The van der Waals surface area contributed by atoms with Gasteiger partial charge in [-0.1, -0.05) is 73.9 Å². The number of thiocarbonyl (C=S) groups is 1. The van der Waals surface area contributed by atoms with Gasteiger partial charge in [0.25, 0.3) is 0 Å². The Bertz CT molecular complexity index is 674. The number of hydrazone groups is 1. The number of rotatable bonds is 4. The van der Waals surface area contributed by atoms with Crippen molar-refractivity contribution < 1.29 is 0 Å². The van der Waals surface area contributed by atoms with Crippen molar-refractivity contribution >= 4 is 23.5 Å². The monoisotopic (exact) mass is 337 g/mol. The van der Waals surface area contributed by atoms with E-state index in [9.17, 15) is 0 Å². The van der Waals surface area contributed by atoms with E-state index in [0.29, 0.717) is 11.2 Å². The molecule has 0 heterocycles. The molecule has 0 radical (unpaired) electrons. The fourth-order valence-electron chi connectivity index (χ4n) is 3.02. The summed E-state index contributed by atoms with van der Waals surface area (Å²) in [7, 11) is 0. The molecule has 2 N–H and O–H groups in total. The lowest BCUT2D eigenvalue weighted by atomic mass is 9.96. The SMILES string of the molecule is S=C(N/N=C\c1ccc(-c2ccccc2)cc1)NC1CCCCC1. The second-order valence-electron chi connectivity index (χ2n) is 6.17. The number of nitrogens with zero attached hydrogens (tertiary/aromatic N) is 1. The normalized spacial score (nSPS) is 15.3. The molecule has 24 heavy (non-hydrogen) atoms. The lowest BCUT2D eigenvalue weighted by Crippen LogP contribution is -2.40. The highest BCUT2D eigenvalue weighted by Gasteiger charge is 2.13. The Hall–Kier alpha value is -2.20. The lowest BCUT2D eigenvalue weighted by Gasteiger charge is -2.23. The number of hydrogen-bond donors (Lipinski definition) is 2. The first-order chi connectivity index (χ1) is 11.8. The third-order valence-corrected chi connectivity index (χ3v) is 4.55. The van der Waals surface area contributed by atoms with Gasteiger partial charge in [-0.3, -0.25) is 5.43 Å². The Morgan fingerprint density at radius 1 is 0.917 bits per heavy atom. The fourth-order valence-corrected chi connectivity index (χ4v) is 3.24. The van der Waals surface area contributed by atoms with Crippen LogP contribution in [-0.2, 0) is 0 Å². The minimum Gasteiger partial charge on any atom is -0.359 e. The molecule has 2 aromatic carbocycles. The molecule has 4 heteroatoms. The van der Waals surface area contributed by atoms with Crippen LogP contribution in [0.5, 0.6) is 0 Å². The highest BCUT2D eigenvalue weighted by atomic mass is 32.1. The maximum absolute atomic E-state index is 5.30. The minimum absolute atomic E-state index is 0.499. The zero-order valence-corrected chi connectivity index (χ0v) is 14.6. The standard InChI is InChI=1S/C20H23N3S/c24-20(22-19-9-5-2-6-10-19)23-21-15-16-11-13-18(14-12-16)17-7-3-1-4-8-17/h1,3-4,7-8,11-15,19H,2,5-6,9-10H2,(H2,22,23,24)/b21-15-. The molecule has 1 aliphatic rings. The molecule has 0 spiro atoms. The van der Waals surface area contributed by atoms with Crippen LogP contribution in [0, 0.1) is 0 Å². The second-order valence-corrected chi connectivity index (χ2v) is 6.57. The molecule has 0 aromatic heterocycles. The molecule has 0 aliphatic heterocycles. The predicted octanol–water partition coefficient (Wildman–Crippen LogP) is 4.48. The van der Waals surface area contributed by atoms with Crippen molar-refractivity contribution in [3.05, 3.63) is 60.2 Å². The smallest absolute Gasteiger partial charge is 0.187 e.